The van der Waals surface area contributed by atoms with Gasteiger partial charge in [0.2, 0.25) is 0 Å². The first-order valence-electron chi connectivity index (χ1n) is 25.8. The van der Waals surface area contributed by atoms with Gasteiger partial charge in [-0.1, -0.05) is 197 Å². The number of quaternary nitrogens is 1. The summed E-state index contributed by atoms with van der Waals surface area (Å²) in [5.41, 5.74) is 0. The van der Waals surface area contributed by atoms with Crippen LogP contribution < -0.4 is 5.11 Å². The summed E-state index contributed by atoms with van der Waals surface area (Å²) >= 11 is 0. The van der Waals surface area contributed by atoms with Crippen LogP contribution in [-0.2, 0) is 28.6 Å². The molecule has 0 rings (SSSR count). The second-order valence-corrected chi connectivity index (χ2v) is 18.4. The Kier molecular flexibility index (Phi) is 43.4. The number of unbranched alkanes of at least 4 members (excludes halogenated alkanes) is 22. The number of rotatable bonds is 46. The zero-order chi connectivity index (χ0) is 46.3. The number of nitrogens with zero attached hydrogens (tertiary/aromatic N) is 1. The van der Waals surface area contributed by atoms with E-state index >= 15 is 0 Å². The number of hydrogen-bond acceptors (Lipinski definition) is 7. The van der Waals surface area contributed by atoms with E-state index in [9.17, 15) is 19.5 Å². The van der Waals surface area contributed by atoms with Crippen LogP contribution in [0.1, 0.15) is 219 Å². The first-order chi connectivity index (χ1) is 30.6. The molecule has 0 spiro atoms. The lowest BCUT2D eigenvalue weighted by molar-refractivity contribution is -0.889. The van der Waals surface area contributed by atoms with E-state index < -0.39 is 18.1 Å². The molecule has 0 aromatic heterocycles. The van der Waals surface area contributed by atoms with Crippen molar-refractivity contribution in [1.82, 2.24) is 0 Å². The Balaban J connectivity index is 4.33. The van der Waals surface area contributed by atoms with Gasteiger partial charge in [0.15, 0.2) is 6.10 Å². The van der Waals surface area contributed by atoms with Crippen molar-refractivity contribution in [2.45, 2.75) is 231 Å². The zero-order valence-corrected chi connectivity index (χ0v) is 41.5. The maximum Gasteiger partial charge on any atom is 0.306 e. The molecule has 2 atom stereocenters. The van der Waals surface area contributed by atoms with E-state index in [1.54, 1.807) is 21.1 Å². The third kappa shape index (κ3) is 44.0. The average molecular weight is 884 g/mol. The summed E-state index contributed by atoms with van der Waals surface area (Å²) in [4.78, 5) is 37.0. The monoisotopic (exact) mass is 884 g/mol. The van der Waals surface area contributed by atoms with Crippen molar-refractivity contribution in [3.63, 3.8) is 0 Å². The molecule has 0 bridgehead atoms. The molecular weight excluding hydrogens is 787 g/mol. The van der Waals surface area contributed by atoms with Gasteiger partial charge < -0.3 is 28.6 Å². The average Bonchev–Trinajstić information content (AvgIpc) is 3.24. The molecule has 0 aliphatic heterocycles. The minimum Gasteiger partial charge on any atom is -0.544 e. The van der Waals surface area contributed by atoms with E-state index in [0.29, 0.717) is 19.3 Å². The highest BCUT2D eigenvalue weighted by atomic mass is 16.6. The maximum absolute atomic E-state index is 12.8. The molecule has 0 fully saturated rings. The topological polar surface area (TPSA) is 102 Å². The number of esters is 2. The van der Waals surface area contributed by atoms with E-state index in [2.05, 4.69) is 74.6 Å². The molecule has 0 saturated heterocycles. The lowest BCUT2D eigenvalue weighted by Gasteiger charge is -2.34. The van der Waals surface area contributed by atoms with Crippen molar-refractivity contribution < 1.29 is 38.2 Å². The summed E-state index contributed by atoms with van der Waals surface area (Å²) in [6.07, 6.45) is 56.8. The Morgan fingerprint density at radius 2 is 0.841 bits per heavy atom. The molecule has 63 heavy (non-hydrogen) atoms. The first kappa shape index (κ1) is 60.0. The van der Waals surface area contributed by atoms with Crippen molar-refractivity contribution in [1.29, 1.82) is 0 Å². The number of carboxylic acids is 1. The number of hydrogen-bond donors (Lipinski definition) is 0. The van der Waals surface area contributed by atoms with Crippen molar-refractivity contribution in [3.05, 3.63) is 60.8 Å². The number of carboxylic acid groups (broad SMARTS) is 1. The molecule has 0 aliphatic carbocycles. The summed E-state index contributed by atoms with van der Waals surface area (Å²) in [7, 11) is 5.40. The molecule has 0 aromatic rings. The smallest absolute Gasteiger partial charge is 0.306 e. The Bertz CT molecular complexity index is 1210. The molecule has 0 radical (unpaired) electrons. The second kappa shape index (κ2) is 45.6. The van der Waals surface area contributed by atoms with Gasteiger partial charge in [-0.3, -0.25) is 9.59 Å². The summed E-state index contributed by atoms with van der Waals surface area (Å²) < 4.78 is 17.2. The van der Waals surface area contributed by atoms with Crippen molar-refractivity contribution in [2.75, 3.05) is 41.0 Å². The van der Waals surface area contributed by atoms with Crippen LogP contribution in [0.15, 0.2) is 60.8 Å². The van der Waals surface area contributed by atoms with Crippen LogP contribution in [-0.4, -0.2) is 75.5 Å². The minimum absolute atomic E-state index is 0.0271. The minimum atomic E-state index is -1.13. The Labute approximate surface area is 388 Å². The van der Waals surface area contributed by atoms with Crippen LogP contribution in [0.2, 0.25) is 0 Å². The van der Waals surface area contributed by atoms with E-state index in [1.165, 1.54) is 122 Å². The molecule has 0 aromatic carbocycles. The van der Waals surface area contributed by atoms with Gasteiger partial charge in [0.25, 0.3) is 0 Å². The first-order valence-corrected chi connectivity index (χ1v) is 25.8. The Morgan fingerprint density at radius 3 is 1.27 bits per heavy atom. The number of aliphatic carboxylic acids is 1. The van der Waals surface area contributed by atoms with Gasteiger partial charge in [-0.2, -0.15) is 0 Å². The number of carbonyl (C=O) groups is 3. The number of ether oxygens (including phenoxy) is 3. The van der Waals surface area contributed by atoms with Crippen molar-refractivity contribution >= 4 is 17.9 Å². The standard InChI is InChI=1S/C55H97NO7/c1-6-8-10-12-14-16-18-20-22-24-26-27-28-30-31-33-35-37-39-41-43-45-53(57)62-50-51(49-61-48-47-52(55(59)60)56(3,4)5)63-54(58)46-44-42-40-38-36-34-32-29-25-23-21-19-17-15-13-11-9-7-2/h14,16,20,22,26-27,30-31,35,37,51-52H,6-13,15,17-19,21,23-25,28-29,32-34,36,38-50H2,1-5H3/b16-14+,22-20+,27-26+,31-30+,37-35+. The molecule has 0 aliphatic rings. The highest BCUT2D eigenvalue weighted by Crippen LogP contribution is 2.16. The van der Waals surface area contributed by atoms with Crippen molar-refractivity contribution in [3.8, 4) is 0 Å². The molecule has 0 amide bonds. The van der Waals surface area contributed by atoms with Crippen molar-refractivity contribution in [2.24, 2.45) is 0 Å². The fourth-order valence-corrected chi connectivity index (χ4v) is 7.38. The van der Waals surface area contributed by atoms with E-state index in [4.69, 9.17) is 14.2 Å². The Hall–Kier alpha value is -2.97. The van der Waals surface area contributed by atoms with Crippen LogP contribution in [0.25, 0.3) is 0 Å². The fourth-order valence-electron chi connectivity index (χ4n) is 7.38. The molecule has 0 N–H and O–H groups in total. The summed E-state index contributed by atoms with van der Waals surface area (Å²) in [6.45, 7) is 4.61. The third-order valence-electron chi connectivity index (χ3n) is 11.4. The molecule has 8 heteroatoms. The zero-order valence-electron chi connectivity index (χ0n) is 41.5. The number of likely N-dealkylation sites (N-methyl/N-ethyl adjacent to an activating group) is 1. The van der Waals surface area contributed by atoms with Gasteiger partial charge in [-0.05, 0) is 64.2 Å². The van der Waals surface area contributed by atoms with Crippen LogP contribution in [0.4, 0.5) is 0 Å². The molecular formula is C55H97NO7. The van der Waals surface area contributed by atoms with Gasteiger partial charge in [0.05, 0.1) is 40.3 Å². The lowest BCUT2D eigenvalue weighted by atomic mass is 10.0. The quantitative estimate of drug-likeness (QED) is 0.0260. The largest absolute Gasteiger partial charge is 0.544 e. The molecule has 0 heterocycles. The lowest BCUT2D eigenvalue weighted by Crippen LogP contribution is -2.55. The van der Waals surface area contributed by atoms with Gasteiger partial charge in [0, 0.05) is 19.3 Å². The summed E-state index contributed by atoms with van der Waals surface area (Å²) in [5.74, 6) is -1.78. The second-order valence-electron chi connectivity index (χ2n) is 18.4. The molecule has 0 saturated carbocycles. The predicted molar refractivity (Wildman–Crippen MR) is 263 cm³/mol. The van der Waals surface area contributed by atoms with Gasteiger partial charge in [0.1, 0.15) is 12.6 Å². The van der Waals surface area contributed by atoms with Crippen LogP contribution in [0.5, 0.6) is 0 Å². The van der Waals surface area contributed by atoms with E-state index in [1.807, 2.05) is 0 Å². The summed E-state index contributed by atoms with van der Waals surface area (Å²) in [6, 6.07) is -0.734. The Morgan fingerprint density at radius 1 is 0.476 bits per heavy atom. The van der Waals surface area contributed by atoms with Crippen LogP contribution >= 0.6 is 0 Å². The molecule has 2 unspecified atom stereocenters. The molecule has 8 nitrogen and oxygen atoms in total. The van der Waals surface area contributed by atoms with Gasteiger partial charge in [-0.25, -0.2) is 0 Å². The number of allylic oxidation sites excluding steroid dienone is 10. The van der Waals surface area contributed by atoms with Crippen LogP contribution in [0.3, 0.4) is 0 Å². The van der Waals surface area contributed by atoms with Crippen LogP contribution in [0, 0.1) is 0 Å². The maximum atomic E-state index is 12.8. The predicted octanol–water partition coefficient (Wildman–Crippen LogP) is 13.6. The molecule has 364 valence electrons. The summed E-state index contributed by atoms with van der Waals surface area (Å²) in [5, 5.41) is 11.7. The third-order valence-corrected chi connectivity index (χ3v) is 11.4. The highest BCUT2D eigenvalue weighted by molar-refractivity contribution is 5.70. The normalized spacial score (nSPS) is 13.3. The fraction of sp³-hybridized carbons (Fsp3) is 0.764. The van der Waals surface area contributed by atoms with E-state index in [0.717, 1.165) is 57.8 Å². The van der Waals surface area contributed by atoms with E-state index in [-0.39, 0.29) is 42.7 Å². The highest BCUT2D eigenvalue weighted by Gasteiger charge is 2.25. The number of carbonyl (C=O) groups excluding carboxylic acids is 3. The van der Waals surface area contributed by atoms with Gasteiger partial charge >= 0.3 is 11.9 Å². The van der Waals surface area contributed by atoms with Gasteiger partial charge in [-0.15, -0.1) is 0 Å². The SMILES string of the molecule is CCCCC/C=C/C/C=C/C/C=C/C/C=C/C/C=C/CCCCC(=O)OCC(COCCC(C(=O)[O-])[N+](C)(C)C)OC(=O)CCCCCCCCCCCCCCCCCCCC.